The minimum absolute atomic E-state index is 0.0124. The minimum atomic E-state index is -3.55. The fourth-order valence-corrected chi connectivity index (χ4v) is 3.41. The highest BCUT2D eigenvalue weighted by Crippen LogP contribution is 2.31. The van der Waals surface area contributed by atoms with Crippen molar-refractivity contribution in [1.82, 2.24) is 0 Å². The lowest BCUT2D eigenvalue weighted by Gasteiger charge is -2.19. The van der Waals surface area contributed by atoms with Gasteiger partial charge in [-0.1, -0.05) is 59.1 Å². The van der Waals surface area contributed by atoms with Crippen molar-refractivity contribution in [1.29, 1.82) is 0 Å². The molecule has 0 bridgehead atoms. The van der Waals surface area contributed by atoms with Crippen LogP contribution in [-0.4, -0.2) is 21.3 Å². The molecule has 0 amide bonds. The summed E-state index contributed by atoms with van der Waals surface area (Å²) in [4.78, 5) is 0. The molecule has 2 aromatic rings. The van der Waals surface area contributed by atoms with Crippen molar-refractivity contribution in [2.24, 2.45) is 0 Å². The predicted octanol–water partition coefficient (Wildman–Crippen LogP) is 4.95. The van der Waals surface area contributed by atoms with Gasteiger partial charge in [-0.3, -0.25) is 4.18 Å². The first-order chi connectivity index (χ1) is 10.8. The summed E-state index contributed by atoms with van der Waals surface area (Å²) in [5.41, 5.74) is 1.65. The zero-order valence-corrected chi connectivity index (χ0v) is 15.4. The maximum absolute atomic E-state index is 11.3. The van der Waals surface area contributed by atoms with E-state index in [1.54, 1.807) is 18.2 Å². The largest absolute Gasteiger partial charge is 0.270 e. The fourth-order valence-electron chi connectivity index (χ4n) is 2.22. The van der Waals surface area contributed by atoms with Gasteiger partial charge in [-0.25, -0.2) is 0 Å². The maximum Gasteiger partial charge on any atom is 0.264 e. The van der Waals surface area contributed by atoms with Crippen molar-refractivity contribution in [2.75, 3.05) is 12.9 Å². The molecule has 0 aromatic heterocycles. The third-order valence-corrected chi connectivity index (χ3v) is 4.81. The molecule has 7 heteroatoms. The van der Waals surface area contributed by atoms with E-state index in [4.69, 9.17) is 39.0 Å². The monoisotopic (exact) mass is 392 g/mol. The summed E-state index contributed by atoms with van der Waals surface area (Å²) in [6.45, 7) is -0.0124. The second-order valence-electron chi connectivity index (χ2n) is 5.15. The Morgan fingerprint density at radius 1 is 1.04 bits per heavy atom. The van der Waals surface area contributed by atoms with Gasteiger partial charge in [-0.15, -0.1) is 0 Å². The van der Waals surface area contributed by atoms with Crippen LogP contribution in [0.3, 0.4) is 0 Å². The molecule has 0 heterocycles. The van der Waals surface area contributed by atoms with Crippen molar-refractivity contribution < 1.29 is 12.6 Å². The molecule has 0 aliphatic carbocycles. The normalized spacial score (nSPS) is 13.0. The molecule has 0 saturated carbocycles. The average Bonchev–Trinajstić information content (AvgIpc) is 2.45. The van der Waals surface area contributed by atoms with Crippen molar-refractivity contribution >= 4 is 44.9 Å². The third-order valence-electron chi connectivity index (χ3n) is 3.31. The summed E-state index contributed by atoms with van der Waals surface area (Å²) in [6.07, 6.45) is 1.50. The first kappa shape index (κ1) is 18.6. The van der Waals surface area contributed by atoms with Gasteiger partial charge in [0.1, 0.15) is 0 Å². The third kappa shape index (κ3) is 5.66. The van der Waals surface area contributed by atoms with Crippen LogP contribution in [-0.2, 0) is 20.7 Å². The number of hydrogen-bond acceptors (Lipinski definition) is 3. The molecule has 0 aliphatic heterocycles. The van der Waals surface area contributed by atoms with Crippen molar-refractivity contribution in [3.05, 3.63) is 68.7 Å². The molecular formula is C16H15Cl3O3S. The average molecular weight is 394 g/mol. The Labute approximate surface area is 151 Å². The Balaban J connectivity index is 2.31. The Bertz CT molecular complexity index is 791. The molecule has 2 rings (SSSR count). The number of rotatable bonds is 6. The van der Waals surface area contributed by atoms with E-state index >= 15 is 0 Å². The van der Waals surface area contributed by atoms with Crippen molar-refractivity contribution in [2.45, 2.75) is 12.3 Å². The molecule has 0 saturated heterocycles. The zero-order chi connectivity index (χ0) is 17.0. The Morgan fingerprint density at radius 3 is 2.35 bits per heavy atom. The van der Waals surface area contributed by atoms with E-state index in [1.807, 2.05) is 24.3 Å². The van der Waals surface area contributed by atoms with Gasteiger partial charge in [0.2, 0.25) is 0 Å². The van der Waals surface area contributed by atoms with Gasteiger partial charge in [0.05, 0.1) is 12.9 Å². The van der Waals surface area contributed by atoms with Crippen LogP contribution < -0.4 is 0 Å². The van der Waals surface area contributed by atoms with Crippen LogP contribution >= 0.6 is 34.8 Å². The van der Waals surface area contributed by atoms with E-state index in [1.165, 1.54) is 0 Å². The Kier molecular flexibility index (Phi) is 6.34. The summed E-state index contributed by atoms with van der Waals surface area (Å²) in [5.74, 6) is -0.253. The first-order valence-electron chi connectivity index (χ1n) is 6.79. The Hall–Kier alpha value is -0.780. The SMILES string of the molecule is CS(=O)(=O)OC[C@@H](Cc1ccc(Cl)cc1Cl)c1ccccc1Cl. The molecule has 0 spiro atoms. The van der Waals surface area contributed by atoms with E-state index < -0.39 is 10.1 Å². The quantitative estimate of drug-likeness (QED) is 0.652. The summed E-state index contributed by atoms with van der Waals surface area (Å²) >= 11 is 18.4. The molecular weight excluding hydrogens is 379 g/mol. The van der Waals surface area contributed by atoms with Gasteiger partial charge in [0, 0.05) is 21.0 Å². The fraction of sp³-hybridized carbons (Fsp3) is 0.250. The van der Waals surface area contributed by atoms with E-state index in [0.717, 1.165) is 17.4 Å². The molecule has 0 radical (unpaired) electrons. The molecule has 23 heavy (non-hydrogen) atoms. The van der Waals surface area contributed by atoms with Gasteiger partial charge in [0.25, 0.3) is 10.1 Å². The molecule has 2 aromatic carbocycles. The van der Waals surface area contributed by atoms with E-state index in [0.29, 0.717) is 21.5 Å². The summed E-state index contributed by atoms with van der Waals surface area (Å²) in [5, 5.41) is 1.62. The van der Waals surface area contributed by atoms with E-state index in [9.17, 15) is 8.42 Å². The van der Waals surface area contributed by atoms with Crippen LogP contribution in [0.25, 0.3) is 0 Å². The van der Waals surface area contributed by atoms with Gasteiger partial charge in [0.15, 0.2) is 0 Å². The molecule has 124 valence electrons. The van der Waals surface area contributed by atoms with Gasteiger partial charge in [-0.2, -0.15) is 8.42 Å². The lowest BCUT2D eigenvalue weighted by atomic mass is 9.92. The van der Waals surface area contributed by atoms with Crippen LogP contribution in [0.1, 0.15) is 17.0 Å². The van der Waals surface area contributed by atoms with Crippen molar-refractivity contribution in [3.63, 3.8) is 0 Å². The lowest BCUT2D eigenvalue weighted by molar-refractivity contribution is 0.293. The Morgan fingerprint density at radius 2 is 1.74 bits per heavy atom. The highest BCUT2D eigenvalue weighted by molar-refractivity contribution is 7.85. The number of benzene rings is 2. The molecule has 0 fully saturated rings. The zero-order valence-electron chi connectivity index (χ0n) is 12.3. The van der Waals surface area contributed by atoms with Crippen LogP contribution in [0.15, 0.2) is 42.5 Å². The predicted molar refractivity (Wildman–Crippen MR) is 95.2 cm³/mol. The minimum Gasteiger partial charge on any atom is -0.270 e. The highest BCUT2D eigenvalue weighted by Gasteiger charge is 2.19. The summed E-state index contributed by atoms with van der Waals surface area (Å²) in [7, 11) is -3.55. The summed E-state index contributed by atoms with van der Waals surface area (Å²) in [6, 6.07) is 12.5. The lowest BCUT2D eigenvalue weighted by Crippen LogP contribution is -2.15. The second-order valence-corrected chi connectivity index (χ2v) is 8.04. The van der Waals surface area contributed by atoms with Crippen molar-refractivity contribution in [3.8, 4) is 0 Å². The number of hydrogen-bond donors (Lipinski definition) is 0. The first-order valence-corrected chi connectivity index (χ1v) is 9.74. The molecule has 0 aliphatic rings. The second kappa shape index (κ2) is 7.86. The van der Waals surface area contributed by atoms with Crippen LogP contribution in [0.5, 0.6) is 0 Å². The summed E-state index contributed by atoms with van der Waals surface area (Å²) < 4.78 is 27.6. The van der Waals surface area contributed by atoms with Crippen LogP contribution in [0.4, 0.5) is 0 Å². The molecule has 0 N–H and O–H groups in total. The highest BCUT2D eigenvalue weighted by atomic mass is 35.5. The van der Waals surface area contributed by atoms with Gasteiger partial charge in [-0.05, 0) is 35.7 Å². The molecule has 1 atom stereocenters. The van der Waals surface area contributed by atoms with E-state index in [-0.39, 0.29) is 12.5 Å². The standard InChI is InChI=1S/C16H15Cl3O3S/c1-23(20,21)22-10-12(14-4-2-3-5-15(14)18)8-11-6-7-13(17)9-16(11)19/h2-7,9,12H,8,10H2,1H3/t12-/m1/s1. The maximum atomic E-state index is 11.3. The smallest absolute Gasteiger partial charge is 0.264 e. The van der Waals surface area contributed by atoms with Gasteiger partial charge < -0.3 is 0 Å². The van der Waals surface area contributed by atoms with Gasteiger partial charge >= 0.3 is 0 Å². The topological polar surface area (TPSA) is 43.4 Å². The van der Waals surface area contributed by atoms with Crippen LogP contribution in [0, 0.1) is 0 Å². The number of halogens is 3. The molecule has 3 nitrogen and oxygen atoms in total. The van der Waals surface area contributed by atoms with Crippen LogP contribution in [0.2, 0.25) is 15.1 Å². The molecule has 0 unspecified atom stereocenters. The van der Waals surface area contributed by atoms with E-state index in [2.05, 4.69) is 0 Å².